The molecule has 3 rings (SSSR count). The van der Waals surface area contributed by atoms with E-state index >= 15 is 0 Å². The van der Waals surface area contributed by atoms with Crippen molar-refractivity contribution in [3.8, 4) is 5.75 Å². The molecule has 1 aromatic heterocycles. The van der Waals surface area contributed by atoms with Crippen molar-refractivity contribution >= 4 is 11.6 Å². The van der Waals surface area contributed by atoms with E-state index in [2.05, 4.69) is 15.2 Å². The van der Waals surface area contributed by atoms with Crippen LogP contribution in [0.2, 0.25) is 0 Å². The lowest BCUT2D eigenvalue weighted by molar-refractivity contribution is -0.127. The van der Waals surface area contributed by atoms with E-state index in [0.717, 1.165) is 17.1 Å². The summed E-state index contributed by atoms with van der Waals surface area (Å²) in [4.78, 5) is 12.2. The van der Waals surface area contributed by atoms with Crippen LogP contribution < -0.4 is 15.4 Å². The van der Waals surface area contributed by atoms with E-state index < -0.39 is 6.10 Å². The van der Waals surface area contributed by atoms with Crippen LogP contribution in [-0.4, -0.2) is 23.1 Å². The van der Waals surface area contributed by atoms with Gasteiger partial charge in [-0.05, 0) is 31.2 Å². The number of ether oxygens (including phenoxy) is 1. The molecular weight excluding hydrogens is 266 g/mol. The van der Waals surface area contributed by atoms with E-state index in [1.54, 1.807) is 0 Å². The van der Waals surface area contributed by atoms with Gasteiger partial charge in [0.25, 0.3) is 5.91 Å². The third kappa shape index (κ3) is 2.72. The number of carbonyl (C=O) groups is 1. The highest BCUT2D eigenvalue weighted by Crippen LogP contribution is 2.28. The van der Waals surface area contributed by atoms with E-state index in [1.807, 2.05) is 50.4 Å². The maximum Gasteiger partial charge on any atom is 0.263 e. The quantitative estimate of drug-likeness (QED) is 0.904. The van der Waals surface area contributed by atoms with Gasteiger partial charge in [0, 0.05) is 18.4 Å². The van der Waals surface area contributed by atoms with Crippen molar-refractivity contribution in [3.63, 3.8) is 0 Å². The fourth-order valence-electron chi connectivity index (χ4n) is 2.40. The molecule has 5 nitrogen and oxygen atoms in total. The van der Waals surface area contributed by atoms with Crippen molar-refractivity contribution in [1.82, 2.24) is 9.88 Å². The molecule has 110 valence electrons. The first-order valence-electron chi connectivity index (χ1n) is 7.03. The van der Waals surface area contributed by atoms with Crippen LogP contribution in [0, 0.1) is 6.92 Å². The summed E-state index contributed by atoms with van der Waals surface area (Å²) in [5, 5.41) is 6.15. The van der Waals surface area contributed by atoms with E-state index in [4.69, 9.17) is 4.74 Å². The summed E-state index contributed by atoms with van der Waals surface area (Å²) in [6, 6.07) is 11.7. The Kier molecular flexibility index (Phi) is 3.56. The predicted octanol–water partition coefficient (Wildman–Crippen LogP) is 1.82. The fourth-order valence-corrected chi connectivity index (χ4v) is 2.40. The van der Waals surface area contributed by atoms with Gasteiger partial charge >= 0.3 is 0 Å². The lowest BCUT2D eigenvalue weighted by Crippen LogP contribution is -2.44. The summed E-state index contributed by atoms with van der Waals surface area (Å²) < 4.78 is 7.80. The second-order valence-corrected chi connectivity index (χ2v) is 5.23. The van der Waals surface area contributed by atoms with Crippen molar-refractivity contribution in [2.75, 3.05) is 11.9 Å². The summed E-state index contributed by atoms with van der Waals surface area (Å²) in [7, 11) is 1.99. The van der Waals surface area contributed by atoms with Crippen molar-refractivity contribution in [2.45, 2.75) is 19.6 Å². The number of aromatic nitrogens is 1. The third-order valence-electron chi connectivity index (χ3n) is 3.85. The summed E-state index contributed by atoms with van der Waals surface area (Å²) in [5.74, 6) is 0.620. The number of hydrogen-bond acceptors (Lipinski definition) is 3. The molecule has 21 heavy (non-hydrogen) atoms. The van der Waals surface area contributed by atoms with Gasteiger partial charge in [-0.15, -0.1) is 0 Å². The minimum absolute atomic E-state index is 0.101. The molecule has 2 heterocycles. The molecule has 1 aliphatic heterocycles. The molecule has 1 atom stereocenters. The number of carbonyl (C=O) groups excluding carboxylic acids is 1. The smallest absolute Gasteiger partial charge is 0.263 e. The lowest BCUT2D eigenvalue weighted by atomic mass is 10.2. The molecule has 2 aromatic rings. The van der Waals surface area contributed by atoms with Crippen LogP contribution in [0.1, 0.15) is 11.4 Å². The second-order valence-electron chi connectivity index (χ2n) is 5.23. The standard InChI is InChI=1S/C16H19N3O2/c1-11-7-8-12(19(11)2)9-18-16(20)15-10-17-13-5-3-4-6-14(13)21-15/h3-8,15,17H,9-10H2,1-2H3,(H,18,20). The van der Waals surface area contributed by atoms with Gasteiger partial charge in [-0.3, -0.25) is 4.79 Å². The first-order valence-corrected chi connectivity index (χ1v) is 7.03. The molecule has 0 radical (unpaired) electrons. The second kappa shape index (κ2) is 5.52. The maximum absolute atomic E-state index is 12.2. The van der Waals surface area contributed by atoms with E-state index in [0.29, 0.717) is 13.1 Å². The van der Waals surface area contributed by atoms with Gasteiger partial charge in [-0.25, -0.2) is 0 Å². The van der Waals surface area contributed by atoms with Gasteiger partial charge in [0.15, 0.2) is 6.10 Å². The van der Waals surface area contributed by atoms with Crippen molar-refractivity contribution < 1.29 is 9.53 Å². The highest BCUT2D eigenvalue weighted by atomic mass is 16.5. The monoisotopic (exact) mass is 285 g/mol. The molecule has 1 aliphatic rings. The third-order valence-corrected chi connectivity index (χ3v) is 3.85. The Morgan fingerprint density at radius 3 is 2.95 bits per heavy atom. The van der Waals surface area contributed by atoms with Crippen LogP contribution in [0.15, 0.2) is 36.4 Å². The van der Waals surface area contributed by atoms with E-state index in [1.165, 1.54) is 5.69 Å². The first-order chi connectivity index (χ1) is 10.1. The molecule has 2 N–H and O–H groups in total. The van der Waals surface area contributed by atoms with Crippen LogP contribution in [0.25, 0.3) is 0 Å². The van der Waals surface area contributed by atoms with Crippen molar-refractivity contribution in [3.05, 3.63) is 47.8 Å². The molecule has 0 aliphatic carbocycles. The normalized spacial score (nSPS) is 16.6. The molecule has 0 spiro atoms. The highest BCUT2D eigenvalue weighted by molar-refractivity contribution is 5.83. The summed E-state index contributed by atoms with van der Waals surface area (Å²) >= 11 is 0. The maximum atomic E-state index is 12.2. The largest absolute Gasteiger partial charge is 0.477 e. The van der Waals surface area contributed by atoms with Crippen LogP contribution >= 0.6 is 0 Å². The number of benzene rings is 1. The zero-order valence-corrected chi connectivity index (χ0v) is 12.2. The molecule has 5 heteroatoms. The molecule has 0 fully saturated rings. The fraction of sp³-hybridized carbons (Fsp3) is 0.312. The van der Waals surface area contributed by atoms with Crippen molar-refractivity contribution in [2.24, 2.45) is 7.05 Å². The van der Waals surface area contributed by atoms with Crippen LogP contribution in [-0.2, 0) is 18.4 Å². The lowest BCUT2D eigenvalue weighted by Gasteiger charge is -2.26. The van der Waals surface area contributed by atoms with Gasteiger partial charge in [-0.2, -0.15) is 0 Å². The molecule has 0 saturated heterocycles. The van der Waals surface area contributed by atoms with Gasteiger partial charge in [-0.1, -0.05) is 12.1 Å². The van der Waals surface area contributed by atoms with Gasteiger partial charge in [0.2, 0.25) is 0 Å². The number of amides is 1. The number of nitrogens with one attached hydrogen (secondary N) is 2. The Morgan fingerprint density at radius 2 is 2.19 bits per heavy atom. The number of para-hydroxylation sites is 2. The zero-order valence-electron chi connectivity index (χ0n) is 12.2. The van der Waals surface area contributed by atoms with Crippen LogP contribution in [0.4, 0.5) is 5.69 Å². The molecule has 1 unspecified atom stereocenters. The SMILES string of the molecule is Cc1ccc(CNC(=O)C2CNc3ccccc3O2)n1C. The molecule has 1 aromatic carbocycles. The summed E-state index contributed by atoms with van der Waals surface area (Å²) in [6.07, 6.45) is -0.499. The Bertz CT molecular complexity index is 663. The highest BCUT2D eigenvalue weighted by Gasteiger charge is 2.25. The van der Waals surface area contributed by atoms with Crippen LogP contribution in [0.3, 0.4) is 0 Å². The molecule has 0 bridgehead atoms. The number of fused-ring (bicyclic) bond motifs is 1. The average molecular weight is 285 g/mol. The Morgan fingerprint density at radius 1 is 1.38 bits per heavy atom. The molecule has 1 amide bonds. The first kappa shape index (κ1) is 13.5. The van der Waals surface area contributed by atoms with Gasteiger partial charge in [0.05, 0.1) is 18.8 Å². The number of rotatable bonds is 3. The molecular formula is C16H19N3O2. The predicted molar refractivity (Wildman–Crippen MR) is 81.3 cm³/mol. The van der Waals surface area contributed by atoms with Gasteiger partial charge < -0.3 is 19.9 Å². The Hall–Kier alpha value is -2.43. The number of hydrogen-bond donors (Lipinski definition) is 2. The van der Waals surface area contributed by atoms with Crippen LogP contribution in [0.5, 0.6) is 5.75 Å². The Balaban J connectivity index is 1.61. The number of aryl methyl sites for hydroxylation is 1. The Labute approximate surface area is 123 Å². The minimum atomic E-state index is -0.499. The number of anilines is 1. The van der Waals surface area contributed by atoms with Gasteiger partial charge in [0.1, 0.15) is 5.75 Å². The topological polar surface area (TPSA) is 55.3 Å². The molecule has 0 saturated carbocycles. The van der Waals surface area contributed by atoms with E-state index in [-0.39, 0.29) is 5.91 Å². The van der Waals surface area contributed by atoms with E-state index in [9.17, 15) is 4.79 Å². The summed E-state index contributed by atoms with van der Waals surface area (Å²) in [6.45, 7) is 3.02. The van der Waals surface area contributed by atoms with Crippen molar-refractivity contribution in [1.29, 1.82) is 0 Å². The number of nitrogens with zero attached hydrogens (tertiary/aromatic N) is 1. The summed E-state index contributed by atoms with van der Waals surface area (Å²) in [5.41, 5.74) is 3.17. The average Bonchev–Trinajstić information content (AvgIpc) is 2.84. The minimum Gasteiger partial charge on any atom is -0.477 e. The zero-order chi connectivity index (χ0) is 14.8.